The summed E-state index contributed by atoms with van der Waals surface area (Å²) in [5.74, 6) is 0.531. The average Bonchev–Trinajstić information content (AvgIpc) is 2.05. The first-order valence-corrected chi connectivity index (χ1v) is 3.79. The van der Waals surface area contributed by atoms with Crippen molar-refractivity contribution in [3.63, 3.8) is 0 Å². The van der Waals surface area contributed by atoms with Crippen LogP contribution in [0.2, 0.25) is 5.02 Å². The van der Waals surface area contributed by atoms with Gasteiger partial charge in [0.15, 0.2) is 0 Å². The number of hydrogen-bond donors (Lipinski definition) is 2. The highest BCUT2D eigenvalue weighted by molar-refractivity contribution is 6.31. The van der Waals surface area contributed by atoms with E-state index in [-0.39, 0.29) is 6.61 Å². The summed E-state index contributed by atoms with van der Waals surface area (Å²) in [5, 5.41) is 9.30. The molecule has 3 nitrogen and oxygen atoms in total. The summed E-state index contributed by atoms with van der Waals surface area (Å²) in [6.07, 6.45) is 0. The number of nitrogen functional groups attached to an aromatic ring is 1. The van der Waals surface area contributed by atoms with E-state index >= 15 is 0 Å². The molecule has 0 aliphatic carbocycles. The Morgan fingerprint density at radius 1 is 1.58 bits per heavy atom. The monoisotopic (exact) mass is 187 g/mol. The summed E-state index contributed by atoms with van der Waals surface area (Å²) in [5.41, 5.74) is 6.65. The number of halogens is 1. The number of hydrogen-bond acceptors (Lipinski definition) is 3. The third kappa shape index (κ3) is 1.62. The van der Waals surface area contributed by atoms with Crippen LogP contribution in [-0.4, -0.2) is 12.2 Å². The van der Waals surface area contributed by atoms with E-state index in [0.717, 1.165) is 0 Å². The minimum atomic E-state index is -0.116. The Balaban J connectivity index is 3.18. The second kappa shape index (κ2) is 3.65. The van der Waals surface area contributed by atoms with Gasteiger partial charge in [0.1, 0.15) is 5.75 Å². The number of aliphatic hydroxyl groups is 1. The summed E-state index contributed by atoms with van der Waals surface area (Å²) in [6.45, 7) is -0.116. The third-order valence-electron chi connectivity index (χ3n) is 1.57. The lowest BCUT2D eigenvalue weighted by atomic mass is 10.2. The van der Waals surface area contributed by atoms with Crippen molar-refractivity contribution >= 4 is 17.3 Å². The molecule has 0 spiro atoms. The van der Waals surface area contributed by atoms with E-state index < -0.39 is 0 Å². The minimum absolute atomic E-state index is 0.116. The first-order chi connectivity index (χ1) is 5.69. The van der Waals surface area contributed by atoms with E-state index in [4.69, 9.17) is 27.2 Å². The molecule has 0 unspecified atom stereocenters. The summed E-state index contributed by atoms with van der Waals surface area (Å²) in [4.78, 5) is 0. The zero-order chi connectivity index (χ0) is 9.14. The van der Waals surface area contributed by atoms with Crippen LogP contribution in [0.4, 0.5) is 5.69 Å². The molecule has 0 amide bonds. The molecule has 0 heterocycles. The predicted molar refractivity (Wildman–Crippen MR) is 48.3 cm³/mol. The minimum Gasteiger partial charge on any atom is -0.495 e. The largest absolute Gasteiger partial charge is 0.495 e. The molecule has 3 N–H and O–H groups in total. The summed E-state index contributed by atoms with van der Waals surface area (Å²) in [7, 11) is 1.51. The van der Waals surface area contributed by atoms with Crippen LogP contribution in [-0.2, 0) is 6.61 Å². The van der Waals surface area contributed by atoms with Crippen LogP contribution in [0.15, 0.2) is 12.1 Å². The predicted octanol–water partition coefficient (Wildman–Crippen LogP) is 1.42. The molecule has 4 heteroatoms. The highest BCUT2D eigenvalue weighted by atomic mass is 35.5. The van der Waals surface area contributed by atoms with Gasteiger partial charge in [0.05, 0.1) is 19.4 Å². The van der Waals surface area contributed by atoms with Gasteiger partial charge in [-0.25, -0.2) is 0 Å². The second-order valence-corrected chi connectivity index (χ2v) is 2.75. The van der Waals surface area contributed by atoms with E-state index in [9.17, 15) is 0 Å². The summed E-state index contributed by atoms with van der Waals surface area (Å²) in [6, 6.07) is 3.18. The molecular weight excluding hydrogens is 178 g/mol. The standard InChI is InChI=1S/C8H10ClNO2/c1-12-8-2-5(4-11)6(9)3-7(8)10/h2-3,11H,4,10H2,1H3. The number of nitrogens with two attached hydrogens (primary N) is 1. The molecule has 0 saturated heterocycles. The van der Waals surface area contributed by atoms with Gasteiger partial charge in [-0.05, 0) is 17.7 Å². The van der Waals surface area contributed by atoms with Gasteiger partial charge in [-0.15, -0.1) is 0 Å². The molecule has 0 aliphatic heterocycles. The van der Waals surface area contributed by atoms with Crippen LogP contribution in [0.3, 0.4) is 0 Å². The fraction of sp³-hybridized carbons (Fsp3) is 0.250. The Labute approximate surface area is 75.7 Å². The molecule has 12 heavy (non-hydrogen) atoms. The number of methoxy groups -OCH3 is 1. The molecule has 1 aromatic rings. The maximum Gasteiger partial charge on any atom is 0.142 e. The van der Waals surface area contributed by atoms with E-state index in [0.29, 0.717) is 22.0 Å². The van der Waals surface area contributed by atoms with Crippen LogP contribution in [0.25, 0.3) is 0 Å². The maximum absolute atomic E-state index is 8.85. The normalized spacial score (nSPS) is 9.92. The van der Waals surface area contributed by atoms with Crippen LogP contribution in [0, 0.1) is 0 Å². The first kappa shape index (κ1) is 9.16. The second-order valence-electron chi connectivity index (χ2n) is 2.34. The molecule has 1 aromatic carbocycles. The smallest absolute Gasteiger partial charge is 0.142 e. The Kier molecular flexibility index (Phi) is 2.78. The zero-order valence-electron chi connectivity index (χ0n) is 6.67. The molecular formula is C8H10ClNO2. The highest BCUT2D eigenvalue weighted by Gasteiger charge is 2.05. The molecule has 0 aromatic heterocycles. The molecule has 0 bridgehead atoms. The topological polar surface area (TPSA) is 55.5 Å². The van der Waals surface area contributed by atoms with Crippen molar-refractivity contribution in [2.24, 2.45) is 0 Å². The van der Waals surface area contributed by atoms with Crippen LogP contribution in [0.1, 0.15) is 5.56 Å². The summed E-state index contributed by atoms with van der Waals surface area (Å²) < 4.78 is 4.95. The van der Waals surface area contributed by atoms with Crippen LogP contribution >= 0.6 is 11.6 Å². The van der Waals surface area contributed by atoms with Crippen LogP contribution < -0.4 is 10.5 Å². The fourth-order valence-electron chi connectivity index (χ4n) is 0.909. The van der Waals surface area contributed by atoms with Gasteiger partial charge in [-0.2, -0.15) is 0 Å². The van der Waals surface area contributed by atoms with Gasteiger partial charge in [0, 0.05) is 5.02 Å². The zero-order valence-corrected chi connectivity index (χ0v) is 7.43. The Bertz CT molecular complexity index is 263. The number of benzene rings is 1. The SMILES string of the molecule is COc1cc(CO)c(Cl)cc1N. The van der Waals surface area contributed by atoms with Gasteiger partial charge >= 0.3 is 0 Å². The third-order valence-corrected chi connectivity index (χ3v) is 1.92. The van der Waals surface area contributed by atoms with E-state index in [1.165, 1.54) is 7.11 Å². The van der Waals surface area contributed by atoms with Crippen molar-refractivity contribution in [2.45, 2.75) is 6.61 Å². The van der Waals surface area contributed by atoms with Crippen molar-refractivity contribution < 1.29 is 9.84 Å². The number of anilines is 1. The fourth-order valence-corrected chi connectivity index (χ4v) is 1.14. The van der Waals surface area contributed by atoms with Crippen molar-refractivity contribution in [1.82, 2.24) is 0 Å². The highest BCUT2D eigenvalue weighted by Crippen LogP contribution is 2.28. The molecule has 66 valence electrons. The molecule has 0 atom stereocenters. The van der Waals surface area contributed by atoms with Gasteiger partial charge in [0.2, 0.25) is 0 Å². The van der Waals surface area contributed by atoms with Gasteiger partial charge < -0.3 is 15.6 Å². The van der Waals surface area contributed by atoms with Crippen molar-refractivity contribution in [2.75, 3.05) is 12.8 Å². The van der Waals surface area contributed by atoms with Crippen molar-refractivity contribution in [3.8, 4) is 5.75 Å². The Morgan fingerprint density at radius 3 is 2.75 bits per heavy atom. The number of ether oxygens (including phenoxy) is 1. The number of aliphatic hydroxyl groups excluding tert-OH is 1. The quantitative estimate of drug-likeness (QED) is 0.689. The van der Waals surface area contributed by atoms with Crippen molar-refractivity contribution in [3.05, 3.63) is 22.7 Å². The molecule has 0 saturated carbocycles. The van der Waals surface area contributed by atoms with Crippen LogP contribution in [0.5, 0.6) is 5.75 Å². The van der Waals surface area contributed by atoms with E-state index in [2.05, 4.69) is 0 Å². The lowest BCUT2D eigenvalue weighted by Crippen LogP contribution is -1.95. The van der Waals surface area contributed by atoms with Gasteiger partial charge in [-0.1, -0.05) is 11.6 Å². The lowest BCUT2D eigenvalue weighted by molar-refractivity contribution is 0.281. The Hall–Kier alpha value is -0.930. The maximum atomic E-state index is 8.85. The first-order valence-electron chi connectivity index (χ1n) is 3.41. The van der Waals surface area contributed by atoms with Gasteiger partial charge in [0.25, 0.3) is 0 Å². The van der Waals surface area contributed by atoms with Crippen molar-refractivity contribution in [1.29, 1.82) is 0 Å². The Morgan fingerprint density at radius 2 is 2.25 bits per heavy atom. The molecule has 0 radical (unpaired) electrons. The summed E-state index contributed by atoms with van der Waals surface area (Å²) >= 11 is 5.76. The number of rotatable bonds is 2. The van der Waals surface area contributed by atoms with Gasteiger partial charge in [-0.3, -0.25) is 0 Å². The molecule has 0 aliphatic rings. The average molecular weight is 188 g/mol. The van der Waals surface area contributed by atoms with E-state index in [1.807, 2.05) is 0 Å². The molecule has 1 rings (SSSR count). The molecule has 0 fully saturated rings. The lowest BCUT2D eigenvalue weighted by Gasteiger charge is -2.07. The van der Waals surface area contributed by atoms with E-state index in [1.54, 1.807) is 12.1 Å².